The van der Waals surface area contributed by atoms with Crippen LogP contribution in [-0.2, 0) is 16.6 Å². The Morgan fingerprint density at radius 1 is 1.17 bits per heavy atom. The van der Waals surface area contributed by atoms with Crippen LogP contribution in [0.5, 0.6) is 0 Å². The van der Waals surface area contributed by atoms with E-state index in [2.05, 4.69) is 10.0 Å². The first-order chi connectivity index (χ1) is 11.5. The number of rotatable bonds is 6. The van der Waals surface area contributed by atoms with Gasteiger partial charge < -0.3 is 9.73 Å². The minimum atomic E-state index is -3.53. The first-order valence-corrected chi connectivity index (χ1v) is 10.0. The normalized spacial score (nSPS) is 21.7. The molecule has 0 aliphatic heterocycles. The molecule has 1 aromatic heterocycles. The molecule has 5 nitrogen and oxygen atoms in total. The number of hydrogen-bond acceptors (Lipinski definition) is 3. The van der Waals surface area contributed by atoms with Crippen LogP contribution in [0.3, 0.4) is 0 Å². The van der Waals surface area contributed by atoms with Crippen molar-refractivity contribution in [2.75, 3.05) is 0 Å². The lowest BCUT2D eigenvalue weighted by atomic mass is 9.91. The molecule has 24 heavy (non-hydrogen) atoms. The summed E-state index contributed by atoms with van der Waals surface area (Å²) in [4.78, 5) is 0.252. The third-order valence-electron chi connectivity index (χ3n) is 4.45. The molecule has 0 saturated heterocycles. The van der Waals surface area contributed by atoms with E-state index in [1.807, 2.05) is 12.1 Å². The maximum Gasteiger partial charge on any atom is 0.241 e. The summed E-state index contributed by atoms with van der Waals surface area (Å²) in [6, 6.07) is 10.2. The number of halogens is 1. The molecule has 1 aromatic carbocycles. The average Bonchev–Trinajstić information content (AvgIpc) is 3.07. The minimum absolute atomic E-state index is 0.0746. The summed E-state index contributed by atoms with van der Waals surface area (Å²) in [5.74, 6) is 0.903. The first kappa shape index (κ1) is 17.5. The van der Waals surface area contributed by atoms with Crippen molar-refractivity contribution in [1.82, 2.24) is 4.72 Å². The molecule has 1 aliphatic carbocycles. The second-order valence-electron chi connectivity index (χ2n) is 6.15. The number of quaternary nitrogens is 1. The predicted octanol–water partition coefficient (Wildman–Crippen LogP) is 2.29. The molecule has 0 amide bonds. The van der Waals surface area contributed by atoms with E-state index in [1.54, 1.807) is 18.4 Å². The standard InChI is InChI=1S/C17H21ClN2O3S/c18-13-7-9-15(10-8-13)24(21,22)20-17-6-2-1-5-16(17)19-12-14-4-3-11-23-14/h3-4,7-11,16-17,19-20H,1-2,5-6,12H2/p+1/t16-,17-/m0/s1. The van der Waals surface area contributed by atoms with Crippen LogP contribution in [0, 0.1) is 0 Å². The number of hydrogen-bond donors (Lipinski definition) is 2. The van der Waals surface area contributed by atoms with Gasteiger partial charge in [-0.3, -0.25) is 0 Å². The summed E-state index contributed by atoms with van der Waals surface area (Å²) in [5, 5.41) is 2.70. The zero-order chi connectivity index (χ0) is 17.0. The molecule has 0 unspecified atom stereocenters. The molecule has 1 heterocycles. The molecule has 1 fully saturated rings. The summed E-state index contributed by atoms with van der Waals surface area (Å²) in [7, 11) is -3.53. The van der Waals surface area contributed by atoms with E-state index in [0.29, 0.717) is 5.02 Å². The smallest absolute Gasteiger partial charge is 0.241 e. The van der Waals surface area contributed by atoms with E-state index in [4.69, 9.17) is 16.0 Å². The highest BCUT2D eigenvalue weighted by Crippen LogP contribution is 2.20. The third kappa shape index (κ3) is 4.39. The van der Waals surface area contributed by atoms with Crippen LogP contribution in [0.4, 0.5) is 0 Å². The summed E-state index contributed by atoms with van der Waals surface area (Å²) in [6.07, 6.45) is 5.67. The first-order valence-electron chi connectivity index (χ1n) is 8.18. The summed E-state index contributed by atoms with van der Waals surface area (Å²) in [5.41, 5.74) is 0. The van der Waals surface area contributed by atoms with Crippen molar-refractivity contribution < 1.29 is 18.2 Å². The fourth-order valence-corrected chi connectivity index (χ4v) is 4.61. The lowest BCUT2D eigenvalue weighted by molar-refractivity contribution is -0.710. The molecule has 3 N–H and O–H groups in total. The highest BCUT2D eigenvalue weighted by Gasteiger charge is 2.32. The SMILES string of the molecule is O=S(=O)(N[C@H]1CCCC[C@@H]1[NH2+]Cc1ccco1)c1ccc(Cl)cc1. The van der Waals surface area contributed by atoms with Gasteiger partial charge in [-0.2, -0.15) is 0 Å². The van der Waals surface area contributed by atoms with Gasteiger partial charge in [0.2, 0.25) is 10.0 Å². The molecule has 0 spiro atoms. The van der Waals surface area contributed by atoms with Crippen LogP contribution < -0.4 is 10.0 Å². The molecule has 2 aromatic rings. The fraction of sp³-hybridized carbons (Fsp3) is 0.412. The van der Waals surface area contributed by atoms with Gasteiger partial charge in [-0.15, -0.1) is 0 Å². The van der Waals surface area contributed by atoms with Gasteiger partial charge >= 0.3 is 0 Å². The molecular formula is C17H22ClN2O3S+. The van der Waals surface area contributed by atoms with Gasteiger partial charge in [0.1, 0.15) is 12.6 Å². The van der Waals surface area contributed by atoms with Crippen molar-refractivity contribution in [3.05, 3.63) is 53.4 Å². The number of sulfonamides is 1. The molecule has 7 heteroatoms. The Morgan fingerprint density at radius 3 is 2.62 bits per heavy atom. The zero-order valence-electron chi connectivity index (χ0n) is 13.3. The van der Waals surface area contributed by atoms with E-state index >= 15 is 0 Å². The van der Waals surface area contributed by atoms with Crippen LogP contribution in [0.2, 0.25) is 5.02 Å². The fourth-order valence-electron chi connectivity index (χ4n) is 3.17. The van der Waals surface area contributed by atoms with Gasteiger partial charge in [-0.25, -0.2) is 13.1 Å². The molecule has 3 rings (SSSR count). The second kappa shape index (κ2) is 7.70. The largest absolute Gasteiger partial charge is 0.463 e. The Hall–Kier alpha value is -1.34. The third-order valence-corrected chi connectivity index (χ3v) is 6.21. The molecule has 0 bridgehead atoms. The van der Waals surface area contributed by atoms with Crippen molar-refractivity contribution in [2.24, 2.45) is 0 Å². The maximum absolute atomic E-state index is 12.6. The number of benzene rings is 1. The summed E-state index contributed by atoms with van der Waals surface area (Å²) >= 11 is 5.84. The molecule has 1 aliphatic rings. The Balaban J connectivity index is 1.67. The van der Waals surface area contributed by atoms with Crippen molar-refractivity contribution in [3.63, 3.8) is 0 Å². The lowest BCUT2D eigenvalue weighted by Crippen LogP contribution is -2.92. The Labute approximate surface area is 147 Å². The Kier molecular flexibility index (Phi) is 5.61. The number of nitrogens with one attached hydrogen (secondary N) is 1. The maximum atomic E-state index is 12.6. The number of furan rings is 1. The van der Waals surface area contributed by atoms with Crippen molar-refractivity contribution in [3.8, 4) is 0 Å². The molecular weight excluding hydrogens is 348 g/mol. The predicted molar refractivity (Wildman–Crippen MR) is 92.2 cm³/mol. The van der Waals surface area contributed by atoms with Gasteiger partial charge in [0.25, 0.3) is 0 Å². The van der Waals surface area contributed by atoms with Crippen LogP contribution in [0.25, 0.3) is 0 Å². The van der Waals surface area contributed by atoms with E-state index in [-0.39, 0.29) is 17.0 Å². The van der Waals surface area contributed by atoms with Crippen molar-refractivity contribution >= 4 is 21.6 Å². The molecule has 1 saturated carbocycles. The summed E-state index contributed by atoms with van der Waals surface area (Å²) < 4.78 is 33.4. The Bertz CT molecular complexity index is 745. The van der Waals surface area contributed by atoms with Gasteiger partial charge in [0.15, 0.2) is 5.76 Å². The highest BCUT2D eigenvalue weighted by atomic mass is 35.5. The van der Waals surface area contributed by atoms with E-state index in [1.165, 1.54) is 12.1 Å². The second-order valence-corrected chi connectivity index (χ2v) is 8.30. The van der Waals surface area contributed by atoms with Crippen LogP contribution in [-0.4, -0.2) is 20.5 Å². The molecule has 2 atom stereocenters. The van der Waals surface area contributed by atoms with Crippen LogP contribution >= 0.6 is 11.6 Å². The lowest BCUT2D eigenvalue weighted by Gasteiger charge is -2.29. The van der Waals surface area contributed by atoms with E-state index < -0.39 is 10.0 Å². The molecule has 130 valence electrons. The number of nitrogens with two attached hydrogens (primary N) is 1. The average molecular weight is 370 g/mol. The molecule has 0 radical (unpaired) electrons. The summed E-state index contributed by atoms with van der Waals surface area (Å²) in [6.45, 7) is 0.719. The monoisotopic (exact) mass is 369 g/mol. The highest BCUT2D eigenvalue weighted by molar-refractivity contribution is 7.89. The van der Waals surface area contributed by atoms with Crippen molar-refractivity contribution in [2.45, 2.75) is 49.2 Å². The Morgan fingerprint density at radius 2 is 1.92 bits per heavy atom. The van der Waals surface area contributed by atoms with Gasteiger partial charge in [0.05, 0.1) is 17.2 Å². The van der Waals surface area contributed by atoms with Crippen LogP contribution in [0.1, 0.15) is 31.4 Å². The van der Waals surface area contributed by atoms with E-state index in [9.17, 15) is 8.42 Å². The van der Waals surface area contributed by atoms with Gasteiger partial charge in [-0.05, 0) is 49.2 Å². The van der Waals surface area contributed by atoms with Crippen LogP contribution in [0.15, 0.2) is 52.0 Å². The van der Waals surface area contributed by atoms with Crippen molar-refractivity contribution in [1.29, 1.82) is 0 Å². The minimum Gasteiger partial charge on any atom is -0.463 e. The van der Waals surface area contributed by atoms with Gasteiger partial charge in [0, 0.05) is 11.4 Å². The zero-order valence-corrected chi connectivity index (χ0v) is 14.9. The quantitative estimate of drug-likeness (QED) is 0.820. The topological polar surface area (TPSA) is 75.9 Å². The van der Waals surface area contributed by atoms with E-state index in [0.717, 1.165) is 38.0 Å². The van der Waals surface area contributed by atoms with Gasteiger partial charge in [-0.1, -0.05) is 18.0 Å².